The second-order valence-corrected chi connectivity index (χ2v) is 11.9. The molecule has 0 saturated heterocycles. The summed E-state index contributed by atoms with van der Waals surface area (Å²) < 4.78 is 84.1. The molecule has 0 bridgehead atoms. The zero-order valence-electron chi connectivity index (χ0n) is 26.4. The predicted molar refractivity (Wildman–Crippen MR) is 170 cm³/mol. The highest BCUT2D eigenvalue weighted by Crippen LogP contribution is 2.20. The lowest BCUT2D eigenvalue weighted by Crippen LogP contribution is -2.50. The fraction of sp³-hybridized carbons (Fsp3) is 0.724. The summed E-state index contributed by atoms with van der Waals surface area (Å²) in [6.45, 7) is 33.9. The minimum absolute atomic E-state index is 0.903. The molecule has 42 heavy (non-hydrogen) atoms. The van der Waals surface area contributed by atoms with Crippen molar-refractivity contribution in [3.8, 4) is 0 Å². The van der Waals surface area contributed by atoms with E-state index in [9.17, 15) is 13.2 Å². The lowest BCUT2D eigenvalue weighted by Gasteiger charge is -2.39. The minimum Gasteiger partial charge on any atom is -0.324 e. The number of thiol groups is 1. The van der Waals surface area contributed by atoms with Crippen molar-refractivity contribution in [1.29, 1.82) is 0 Å². The van der Waals surface area contributed by atoms with Crippen LogP contribution < -0.4 is 0 Å². The standard InChI is InChI=1S/C16H36N.C12H20N.CHF3O3S.H2O3S/c1-5-9-13-17(14-10-6-2,15-11-7-3)16-12-8-4;1-5-9-13(10-6-2,11-7-3)12-8-4;2-1(3,4)8(5,6)7;1-4(2)3/h5-16H2,1-4H3;5-8H,1-4,9-12H2;(H,5,6,7);4H,(H,1,2,3)/q2*+1;;. The number of rotatable bonds is 20. The average Bonchev–Trinajstić information content (AvgIpc) is 2.88. The van der Waals surface area contributed by atoms with Crippen molar-refractivity contribution in [1.82, 2.24) is 0 Å². The van der Waals surface area contributed by atoms with Gasteiger partial charge in [-0.25, -0.2) is 8.42 Å². The molecule has 13 heteroatoms. The zero-order valence-corrected chi connectivity index (χ0v) is 28.1. The smallest absolute Gasteiger partial charge is 0.324 e. The molecule has 0 aliphatic heterocycles. The molecule has 0 fully saturated rings. The van der Waals surface area contributed by atoms with Crippen LogP contribution in [-0.2, 0) is 21.1 Å². The van der Waals surface area contributed by atoms with Crippen molar-refractivity contribution in [3.63, 3.8) is 0 Å². The molecule has 0 unspecified atom stereocenters. The van der Waals surface area contributed by atoms with Gasteiger partial charge in [0, 0.05) is 0 Å². The number of halogens is 3. The molecule has 0 saturated carbocycles. The van der Waals surface area contributed by atoms with E-state index in [0.29, 0.717) is 0 Å². The molecule has 0 aromatic carbocycles. The fourth-order valence-corrected chi connectivity index (χ4v) is 4.19. The quantitative estimate of drug-likeness (QED) is 0.0429. The summed E-state index contributed by atoms with van der Waals surface area (Å²) in [5.74, 6) is 0. The molecular formula is C29H59F3N2O6S2+2. The molecule has 0 aromatic heterocycles. The van der Waals surface area contributed by atoms with E-state index >= 15 is 0 Å². The third-order valence-electron chi connectivity index (χ3n) is 6.30. The third-order valence-corrected chi connectivity index (χ3v) is 6.89. The van der Waals surface area contributed by atoms with E-state index in [1.165, 1.54) is 82.0 Å². The Hall–Kier alpha value is -1.51. The SMILES string of the molecule is C=CC[N+](CC=C)(CC=C)CC=C.CCCC[N+](CCCC)(CCCC)CCCC.O=S(=O)(O)C(F)(F)F.O=[SH](=O)O. The summed E-state index contributed by atoms with van der Waals surface area (Å²) >= 11 is 0. The van der Waals surface area contributed by atoms with Gasteiger partial charge in [0.25, 0.3) is 11.0 Å². The summed E-state index contributed by atoms with van der Waals surface area (Å²) in [7, 11) is -8.96. The van der Waals surface area contributed by atoms with Crippen LogP contribution in [-0.4, -0.2) is 92.8 Å². The molecule has 0 heterocycles. The number of unbranched alkanes of at least 4 members (excludes halogenated alkanes) is 4. The molecule has 0 rings (SSSR count). The lowest BCUT2D eigenvalue weighted by atomic mass is 10.1. The first kappa shape index (κ1) is 47.4. The minimum atomic E-state index is -5.84. The highest BCUT2D eigenvalue weighted by atomic mass is 32.2. The molecule has 0 radical (unpaired) electrons. The summed E-state index contributed by atoms with van der Waals surface area (Å²) in [6, 6.07) is 0. The van der Waals surface area contributed by atoms with E-state index in [1.807, 2.05) is 24.3 Å². The van der Waals surface area contributed by atoms with Gasteiger partial charge in [-0.05, 0) is 50.0 Å². The van der Waals surface area contributed by atoms with E-state index in [4.69, 9.17) is 25.9 Å². The Bertz CT molecular complexity index is 786. The zero-order chi connectivity index (χ0) is 33.7. The Morgan fingerprint density at radius 1 is 0.643 bits per heavy atom. The number of hydrogen-bond donors (Lipinski definition) is 3. The van der Waals surface area contributed by atoms with Crippen molar-refractivity contribution in [2.75, 3.05) is 52.4 Å². The van der Waals surface area contributed by atoms with Crippen molar-refractivity contribution in [3.05, 3.63) is 50.6 Å². The van der Waals surface area contributed by atoms with Gasteiger partial charge in [-0.15, -0.1) is 0 Å². The van der Waals surface area contributed by atoms with Crippen LogP contribution in [0.15, 0.2) is 50.6 Å². The maximum absolute atomic E-state index is 10.7. The first-order valence-corrected chi connectivity index (χ1v) is 17.0. The van der Waals surface area contributed by atoms with Crippen LogP contribution in [0.4, 0.5) is 13.2 Å². The van der Waals surface area contributed by atoms with Gasteiger partial charge >= 0.3 is 15.6 Å². The molecule has 8 nitrogen and oxygen atoms in total. The van der Waals surface area contributed by atoms with Gasteiger partial charge in [-0.3, -0.25) is 9.11 Å². The van der Waals surface area contributed by atoms with Crippen molar-refractivity contribution in [2.24, 2.45) is 0 Å². The van der Waals surface area contributed by atoms with Crippen LogP contribution in [0.5, 0.6) is 0 Å². The van der Waals surface area contributed by atoms with Crippen LogP contribution in [0, 0.1) is 0 Å². The van der Waals surface area contributed by atoms with Crippen molar-refractivity contribution < 1.29 is 48.1 Å². The Balaban J connectivity index is -0.000000254. The molecule has 2 N–H and O–H groups in total. The maximum atomic E-state index is 10.7. The molecule has 0 aliphatic carbocycles. The van der Waals surface area contributed by atoms with Crippen LogP contribution in [0.1, 0.15) is 79.1 Å². The second-order valence-electron chi connectivity index (χ2n) is 10.0. The van der Waals surface area contributed by atoms with Gasteiger partial charge < -0.3 is 8.97 Å². The lowest BCUT2D eigenvalue weighted by molar-refractivity contribution is -0.929. The van der Waals surface area contributed by atoms with Crippen LogP contribution in [0.2, 0.25) is 0 Å². The molecule has 0 spiro atoms. The first-order chi connectivity index (χ1) is 19.5. The molecule has 0 amide bonds. The molecule has 0 atom stereocenters. The highest BCUT2D eigenvalue weighted by molar-refractivity contribution is 7.86. The number of hydrogen-bond acceptors (Lipinski definition) is 4. The van der Waals surface area contributed by atoms with Gasteiger partial charge in [0.1, 0.15) is 0 Å². The van der Waals surface area contributed by atoms with E-state index in [1.54, 1.807) is 0 Å². The van der Waals surface area contributed by atoms with Gasteiger partial charge in [-0.1, -0.05) is 79.7 Å². The van der Waals surface area contributed by atoms with Crippen LogP contribution >= 0.6 is 0 Å². The highest BCUT2D eigenvalue weighted by Gasteiger charge is 2.44. The van der Waals surface area contributed by atoms with E-state index in [0.717, 1.165) is 30.7 Å². The Kier molecular flexibility index (Phi) is 31.9. The van der Waals surface area contributed by atoms with Crippen LogP contribution in [0.3, 0.4) is 0 Å². The van der Waals surface area contributed by atoms with Crippen molar-refractivity contribution in [2.45, 2.75) is 84.6 Å². The van der Waals surface area contributed by atoms with Gasteiger partial charge in [-0.2, -0.15) is 21.6 Å². The van der Waals surface area contributed by atoms with E-state index in [2.05, 4.69) is 54.0 Å². The normalized spacial score (nSPS) is 11.6. The third kappa shape index (κ3) is 28.6. The topological polar surface area (TPSA) is 109 Å². The number of quaternary nitrogens is 2. The van der Waals surface area contributed by atoms with Gasteiger partial charge in [0.15, 0.2) is 0 Å². The number of nitrogens with zero attached hydrogens (tertiary/aromatic N) is 2. The van der Waals surface area contributed by atoms with E-state index < -0.39 is 26.6 Å². The van der Waals surface area contributed by atoms with Crippen molar-refractivity contribution >= 4 is 21.1 Å². The number of alkyl halides is 3. The second kappa shape index (κ2) is 28.3. The van der Waals surface area contributed by atoms with Gasteiger partial charge in [0.05, 0.1) is 52.4 Å². The van der Waals surface area contributed by atoms with Crippen LogP contribution in [0.25, 0.3) is 0 Å². The summed E-state index contributed by atoms with van der Waals surface area (Å²) in [5, 5.41) is 0. The van der Waals surface area contributed by atoms with E-state index in [-0.39, 0.29) is 0 Å². The molecule has 0 aliphatic rings. The first-order valence-electron chi connectivity index (χ1n) is 14.5. The Labute approximate surface area is 256 Å². The van der Waals surface area contributed by atoms with Gasteiger partial charge in [0.2, 0.25) is 0 Å². The molecule has 252 valence electrons. The average molecular weight is 653 g/mol. The molecule has 0 aromatic rings. The monoisotopic (exact) mass is 652 g/mol. The Morgan fingerprint density at radius 3 is 0.952 bits per heavy atom. The predicted octanol–water partition coefficient (Wildman–Crippen LogP) is 7.02. The largest absolute Gasteiger partial charge is 0.522 e. The fourth-order valence-electron chi connectivity index (χ4n) is 4.19. The summed E-state index contributed by atoms with van der Waals surface area (Å²) in [5.41, 5.74) is -5.53. The maximum Gasteiger partial charge on any atom is 0.522 e. The summed E-state index contributed by atoms with van der Waals surface area (Å²) in [6.07, 6.45) is 18.8. The molecular weight excluding hydrogens is 593 g/mol. The Morgan fingerprint density at radius 2 is 0.833 bits per heavy atom. The summed E-state index contributed by atoms with van der Waals surface area (Å²) in [4.78, 5) is 0.